The molecular formula is C11H12N2O2. The molecule has 2 N–H and O–H groups in total. The summed E-state index contributed by atoms with van der Waals surface area (Å²) in [5.41, 5.74) is 0.900. The van der Waals surface area contributed by atoms with Crippen molar-refractivity contribution in [2.45, 2.75) is 19.9 Å². The van der Waals surface area contributed by atoms with Crippen molar-refractivity contribution in [2.24, 2.45) is 0 Å². The van der Waals surface area contributed by atoms with Crippen molar-refractivity contribution in [3.05, 3.63) is 29.3 Å². The van der Waals surface area contributed by atoms with E-state index in [4.69, 9.17) is 5.26 Å². The van der Waals surface area contributed by atoms with Gasteiger partial charge in [-0.05, 0) is 26.0 Å². The van der Waals surface area contributed by atoms with Gasteiger partial charge in [0.2, 0.25) is 0 Å². The number of nitrogens with one attached hydrogen (secondary N) is 1. The first-order valence-corrected chi connectivity index (χ1v) is 4.55. The van der Waals surface area contributed by atoms with Crippen LogP contribution in [0, 0.1) is 18.3 Å². The van der Waals surface area contributed by atoms with Gasteiger partial charge in [-0.2, -0.15) is 5.26 Å². The molecule has 1 unspecified atom stereocenters. The molecule has 0 saturated heterocycles. The lowest BCUT2D eigenvalue weighted by Crippen LogP contribution is -2.31. The molecule has 4 nitrogen and oxygen atoms in total. The van der Waals surface area contributed by atoms with Crippen molar-refractivity contribution < 1.29 is 9.90 Å². The van der Waals surface area contributed by atoms with Gasteiger partial charge < -0.3 is 10.4 Å². The summed E-state index contributed by atoms with van der Waals surface area (Å²) in [7, 11) is 0. The lowest BCUT2D eigenvalue weighted by Gasteiger charge is -2.09. The molecule has 0 saturated carbocycles. The average molecular weight is 204 g/mol. The molecule has 1 aromatic rings. The Morgan fingerprint density at radius 2 is 2.27 bits per heavy atom. The minimum Gasteiger partial charge on any atom is -0.508 e. The Hall–Kier alpha value is -2.02. The number of hydrogen-bond donors (Lipinski definition) is 2. The summed E-state index contributed by atoms with van der Waals surface area (Å²) in [6, 6.07) is 6.07. The Morgan fingerprint density at radius 1 is 1.60 bits per heavy atom. The smallest absolute Gasteiger partial charge is 0.252 e. The van der Waals surface area contributed by atoms with Crippen LogP contribution in [-0.4, -0.2) is 17.1 Å². The highest BCUT2D eigenvalue weighted by Crippen LogP contribution is 2.19. The van der Waals surface area contributed by atoms with Crippen LogP contribution in [0.1, 0.15) is 22.8 Å². The molecular weight excluding hydrogens is 192 g/mol. The second-order valence-corrected chi connectivity index (χ2v) is 3.27. The van der Waals surface area contributed by atoms with Gasteiger partial charge in [-0.3, -0.25) is 4.79 Å². The molecule has 0 aromatic heterocycles. The number of nitriles is 1. The molecule has 1 aromatic carbocycles. The maximum Gasteiger partial charge on any atom is 0.252 e. The normalized spacial score (nSPS) is 11.5. The van der Waals surface area contributed by atoms with E-state index in [1.165, 1.54) is 6.07 Å². The molecule has 0 heterocycles. The second-order valence-electron chi connectivity index (χ2n) is 3.27. The molecule has 15 heavy (non-hydrogen) atoms. The Balaban J connectivity index is 2.93. The maximum atomic E-state index is 11.6. The molecule has 1 atom stereocenters. The van der Waals surface area contributed by atoms with Crippen LogP contribution in [0.2, 0.25) is 0 Å². The topological polar surface area (TPSA) is 73.1 Å². The fourth-order valence-corrected chi connectivity index (χ4v) is 1.18. The van der Waals surface area contributed by atoms with Crippen LogP contribution >= 0.6 is 0 Å². The van der Waals surface area contributed by atoms with Crippen molar-refractivity contribution >= 4 is 5.91 Å². The molecule has 0 bridgehead atoms. The van der Waals surface area contributed by atoms with Gasteiger partial charge in [-0.15, -0.1) is 0 Å². The first-order valence-electron chi connectivity index (χ1n) is 4.55. The van der Waals surface area contributed by atoms with E-state index >= 15 is 0 Å². The number of phenolic OH excluding ortho intramolecular Hbond substituents is 1. The largest absolute Gasteiger partial charge is 0.508 e. The zero-order valence-corrected chi connectivity index (χ0v) is 8.61. The number of benzene rings is 1. The van der Waals surface area contributed by atoms with Gasteiger partial charge in [0.05, 0.1) is 6.07 Å². The third-order valence-corrected chi connectivity index (χ3v) is 2.09. The summed E-state index contributed by atoms with van der Waals surface area (Å²) in [4.78, 5) is 11.6. The molecule has 0 spiro atoms. The average Bonchev–Trinajstić information content (AvgIpc) is 2.21. The highest BCUT2D eigenvalue weighted by atomic mass is 16.3. The monoisotopic (exact) mass is 204 g/mol. The number of phenols is 1. The Labute approximate surface area is 88.2 Å². The highest BCUT2D eigenvalue weighted by Gasteiger charge is 2.12. The van der Waals surface area contributed by atoms with Crippen LogP contribution in [0.3, 0.4) is 0 Å². The van der Waals surface area contributed by atoms with Crippen molar-refractivity contribution in [2.75, 3.05) is 0 Å². The Bertz CT molecular complexity index is 421. The zero-order chi connectivity index (χ0) is 11.4. The standard InChI is InChI=1S/C11H12N2O2/c1-7(6-12)13-11(15)9-4-3-5-10(14)8(9)2/h3-5,7,14H,1-2H3,(H,13,15). The summed E-state index contributed by atoms with van der Waals surface area (Å²) in [5, 5.41) is 20.4. The van der Waals surface area contributed by atoms with Crippen LogP contribution in [0.5, 0.6) is 5.75 Å². The quantitative estimate of drug-likeness (QED) is 0.763. The maximum absolute atomic E-state index is 11.6. The number of amides is 1. The van der Waals surface area contributed by atoms with Crippen LogP contribution in [-0.2, 0) is 0 Å². The third kappa shape index (κ3) is 2.47. The van der Waals surface area contributed by atoms with Gasteiger partial charge in [0.15, 0.2) is 0 Å². The lowest BCUT2D eigenvalue weighted by molar-refractivity contribution is 0.0946. The van der Waals surface area contributed by atoms with Gasteiger partial charge in [0.25, 0.3) is 5.91 Å². The predicted molar refractivity (Wildman–Crippen MR) is 55.4 cm³/mol. The van der Waals surface area contributed by atoms with Crippen molar-refractivity contribution in [3.63, 3.8) is 0 Å². The number of nitrogens with zero attached hydrogens (tertiary/aromatic N) is 1. The summed E-state index contributed by atoms with van der Waals surface area (Å²) < 4.78 is 0. The summed E-state index contributed by atoms with van der Waals surface area (Å²) in [6.45, 7) is 3.25. The van der Waals surface area contributed by atoms with E-state index in [9.17, 15) is 9.90 Å². The predicted octanol–water partition coefficient (Wildman–Crippen LogP) is 1.34. The van der Waals surface area contributed by atoms with Crippen molar-refractivity contribution in [3.8, 4) is 11.8 Å². The lowest BCUT2D eigenvalue weighted by atomic mass is 10.1. The molecule has 0 fully saturated rings. The molecule has 4 heteroatoms. The van der Waals surface area contributed by atoms with Crippen LogP contribution in [0.4, 0.5) is 0 Å². The molecule has 0 aliphatic rings. The van der Waals surface area contributed by atoms with E-state index in [2.05, 4.69) is 5.32 Å². The van der Waals surface area contributed by atoms with E-state index in [0.29, 0.717) is 11.1 Å². The van der Waals surface area contributed by atoms with Gasteiger partial charge in [-0.1, -0.05) is 6.07 Å². The minimum atomic E-state index is -0.542. The van der Waals surface area contributed by atoms with Crippen LogP contribution in [0.15, 0.2) is 18.2 Å². The number of carbonyl (C=O) groups is 1. The first kappa shape index (κ1) is 11.1. The van der Waals surface area contributed by atoms with E-state index in [-0.39, 0.29) is 11.7 Å². The number of aromatic hydroxyl groups is 1. The van der Waals surface area contributed by atoms with E-state index in [0.717, 1.165) is 0 Å². The highest BCUT2D eigenvalue weighted by molar-refractivity contribution is 5.96. The minimum absolute atomic E-state index is 0.0762. The van der Waals surface area contributed by atoms with Gasteiger partial charge in [-0.25, -0.2) is 0 Å². The number of hydrogen-bond acceptors (Lipinski definition) is 3. The first-order chi connectivity index (χ1) is 7.06. The Kier molecular flexibility index (Phi) is 3.29. The van der Waals surface area contributed by atoms with Crippen molar-refractivity contribution in [1.82, 2.24) is 5.32 Å². The summed E-state index contributed by atoms with van der Waals surface area (Å²) >= 11 is 0. The molecule has 1 amide bonds. The number of rotatable bonds is 2. The molecule has 0 radical (unpaired) electrons. The fraction of sp³-hybridized carbons (Fsp3) is 0.273. The molecule has 0 aliphatic carbocycles. The fourth-order valence-electron chi connectivity index (χ4n) is 1.18. The second kappa shape index (κ2) is 4.47. The SMILES string of the molecule is Cc1c(O)cccc1C(=O)NC(C)C#N. The zero-order valence-electron chi connectivity index (χ0n) is 8.61. The van der Waals surface area contributed by atoms with E-state index in [1.807, 2.05) is 6.07 Å². The molecule has 1 rings (SSSR count). The number of carbonyl (C=O) groups excluding carboxylic acids is 1. The third-order valence-electron chi connectivity index (χ3n) is 2.09. The Morgan fingerprint density at radius 3 is 2.87 bits per heavy atom. The summed E-state index contributed by atoms with van der Waals surface area (Å²) in [6.07, 6.45) is 0. The van der Waals surface area contributed by atoms with Crippen molar-refractivity contribution in [1.29, 1.82) is 5.26 Å². The van der Waals surface area contributed by atoms with Gasteiger partial charge >= 0.3 is 0 Å². The van der Waals surface area contributed by atoms with Gasteiger partial charge in [0.1, 0.15) is 11.8 Å². The molecule has 0 aliphatic heterocycles. The van der Waals surface area contributed by atoms with Crippen LogP contribution < -0.4 is 5.32 Å². The van der Waals surface area contributed by atoms with Crippen LogP contribution in [0.25, 0.3) is 0 Å². The summed E-state index contributed by atoms with van der Waals surface area (Å²) in [5.74, 6) is -0.273. The molecule has 78 valence electrons. The van der Waals surface area contributed by atoms with Gasteiger partial charge in [0, 0.05) is 11.1 Å². The van der Waals surface area contributed by atoms with E-state index in [1.54, 1.807) is 26.0 Å². The van der Waals surface area contributed by atoms with E-state index < -0.39 is 6.04 Å².